The molecular weight excluding hydrogens is 392 g/mol. The van der Waals surface area contributed by atoms with Crippen molar-refractivity contribution in [1.29, 1.82) is 0 Å². The van der Waals surface area contributed by atoms with Gasteiger partial charge in [-0.2, -0.15) is 5.10 Å². The van der Waals surface area contributed by atoms with Crippen LogP contribution in [-0.4, -0.2) is 33.9 Å². The molecule has 2 aromatic heterocycles. The van der Waals surface area contributed by atoms with Crippen molar-refractivity contribution in [2.45, 2.75) is 20.4 Å². The minimum absolute atomic E-state index is 0.253. The van der Waals surface area contributed by atoms with Crippen LogP contribution in [0.4, 0.5) is 5.69 Å². The summed E-state index contributed by atoms with van der Waals surface area (Å²) in [4.78, 5) is 17.3. The number of pyridine rings is 1. The predicted molar refractivity (Wildman–Crippen MR) is 120 cm³/mol. The van der Waals surface area contributed by atoms with Crippen LogP contribution in [0, 0.1) is 0 Å². The van der Waals surface area contributed by atoms with Gasteiger partial charge in [-0.1, -0.05) is 30.3 Å². The molecule has 1 amide bonds. The number of hydrogen-bond donors (Lipinski definition) is 1. The van der Waals surface area contributed by atoms with Gasteiger partial charge in [-0.05, 0) is 37.6 Å². The molecule has 31 heavy (non-hydrogen) atoms. The highest BCUT2D eigenvalue weighted by Crippen LogP contribution is 2.31. The van der Waals surface area contributed by atoms with Gasteiger partial charge in [-0.15, -0.1) is 0 Å². The molecule has 1 N–H and O–H groups in total. The Labute approximate surface area is 180 Å². The highest BCUT2D eigenvalue weighted by atomic mass is 16.5. The van der Waals surface area contributed by atoms with Crippen molar-refractivity contribution in [3.8, 4) is 11.5 Å². The third-order valence-corrected chi connectivity index (χ3v) is 4.71. The number of ether oxygens (including phenoxy) is 2. The summed E-state index contributed by atoms with van der Waals surface area (Å²) in [6.07, 6.45) is 3.30. The number of nitrogens with zero attached hydrogens (tertiary/aromatic N) is 3. The molecule has 0 spiro atoms. The molecule has 0 atom stereocenters. The average Bonchev–Trinajstić information content (AvgIpc) is 3.18. The van der Waals surface area contributed by atoms with E-state index in [1.54, 1.807) is 36.7 Å². The van der Waals surface area contributed by atoms with Crippen molar-refractivity contribution in [2.75, 3.05) is 18.5 Å². The third-order valence-electron chi connectivity index (χ3n) is 4.71. The Morgan fingerprint density at radius 1 is 0.968 bits per heavy atom. The summed E-state index contributed by atoms with van der Waals surface area (Å²) in [6, 6.07) is 17.2. The maximum absolute atomic E-state index is 12.8. The van der Waals surface area contributed by atoms with Crippen LogP contribution in [0.3, 0.4) is 0 Å². The molecule has 0 aliphatic heterocycles. The quantitative estimate of drug-likeness (QED) is 0.457. The summed E-state index contributed by atoms with van der Waals surface area (Å²) in [5, 5.41) is 8.13. The van der Waals surface area contributed by atoms with Crippen molar-refractivity contribution in [3.05, 3.63) is 78.1 Å². The fourth-order valence-electron chi connectivity index (χ4n) is 3.30. The molecule has 0 aliphatic rings. The fraction of sp³-hybridized carbons (Fsp3) is 0.208. The number of anilines is 1. The lowest BCUT2D eigenvalue weighted by Crippen LogP contribution is -2.12. The zero-order valence-corrected chi connectivity index (χ0v) is 17.5. The summed E-state index contributed by atoms with van der Waals surface area (Å²) in [6.45, 7) is 5.48. The number of amides is 1. The number of rotatable bonds is 8. The van der Waals surface area contributed by atoms with Gasteiger partial charge in [-0.25, -0.2) is 9.67 Å². The third kappa shape index (κ3) is 4.66. The molecule has 7 heteroatoms. The van der Waals surface area contributed by atoms with Crippen LogP contribution < -0.4 is 14.8 Å². The first-order chi connectivity index (χ1) is 15.2. The number of carbonyl (C=O) groups is 1. The molecule has 0 fully saturated rings. The van der Waals surface area contributed by atoms with Crippen molar-refractivity contribution >= 4 is 22.6 Å². The first-order valence-electron chi connectivity index (χ1n) is 10.2. The number of fused-ring (bicyclic) bond motifs is 1. The first-order valence-corrected chi connectivity index (χ1v) is 10.2. The van der Waals surface area contributed by atoms with E-state index in [9.17, 15) is 4.79 Å². The monoisotopic (exact) mass is 416 g/mol. The van der Waals surface area contributed by atoms with Crippen LogP contribution in [0.2, 0.25) is 0 Å². The topological polar surface area (TPSA) is 78.3 Å². The van der Waals surface area contributed by atoms with Crippen LogP contribution in [0.1, 0.15) is 29.8 Å². The SMILES string of the molecule is CCOc1ccc(NC(=O)c2cnc3c(cnn3Cc3ccccc3)c2)cc1OCC. The molecule has 7 nitrogen and oxygen atoms in total. The maximum atomic E-state index is 12.8. The molecule has 158 valence electrons. The van der Waals surface area contributed by atoms with Crippen molar-refractivity contribution in [1.82, 2.24) is 14.8 Å². The number of hydrogen-bond acceptors (Lipinski definition) is 5. The lowest BCUT2D eigenvalue weighted by molar-refractivity contribution is 0.102. The van der Waals surface area contributed by atoms with E-state index in [1.165, 1.54) is 0 Å². The summed E-state index contributed by atoms with van der Waals surface area (Å²) in [7, 11) is 0. The van der Waals surface area contributed by atoms with Crippen LogP contribution in [0.5, 0.6) is 11.5 Å². The van der Waals surface area contributed by atoms with E-state index in [4.69, 9.17) is 9.47 Å². The molecule has 0 aliphatic carbocycles. The first kappa shape index (κ1) is 20.4. The lowest BCUT2D eigenvalue weighted by Gasteiger charge is -2.13. The summed E-state index contributed by atoms with van der Waals surface area (Å²) < 4.78 is 13.0. The molecule has 0 bridgehead atoms. The van der Waals surface area contributed by atoms with E-state index in [2.05, 4.69) is 15.4 Å². The molecular formula is C24H24N4O3. The second-order valence-corrected chi connectivity index (χ2v) is 6.91. The van der Waals surface area contributed by atoms with Crippen molar-refractivity contribution in [2.24, 2.45) is 0 Å². The Morgan fingerprint density at radius 3 is 2.52 bits per heavy atom. The van der Waals surface area contributed by atoms with E-state index >= 15 is 0 Å². The highest BCUT2D eigenvalue weighted by molar-refractivity contribution is 6.05. The Bertz CT molecular complexity index is 1190. The van der Waals surface area contributed by atoms with Gasteiger partial charge in [-0.3, -0.25) is 4.79 Å². The van der Waals surface area contributed by atoms with Crippen LogP contribution in [0.15, 0.2) is 67.0 Å². The van der Waals surface area contributed by atoms with Gasteiger partial charge >= 0.3 is 0 Å². The highest BCUT2D eigenvalue weighted by Gasteiger charge is 2.13. The normalized spacial score (nSPS) is 10.8. The summed E-state index contributed by atoms with van der Waals surface area (Å²) in [5.41, 5.74) is 2.95. The second-order valence-electron chi connectivity index (χ2n) is 6.91. The molecule has 0 radical (unpaired) electrons. The molecule has 0 unspecified atom stereocenters. The second kappa shape index (κ2) is 9.30. The van der Waals surface area contributed by atoms with Gasteiger partial charge in [0.1, 0.15) is 0 Å². The number of benzene rings is 2. The van der Waals surface area contributed by atoms with Gasteiger partial charge < -0.3 is 14.8 Å². The Morgan fingerprint density at radius 2 is 1.74 bits per heavy atom. The van der Waals surface area contributed by atoms with E-state index < -0.39 is 0 Å². The zero-order chi connectivity index (χ0) is 21.6. The average molecular weight is 416 g/mol. The smallest absolute Gasteiger partial charge is 0.257 e. The summed E-state index contributed by atoms with van der Waals surface area (Å²) >= 11 is 0. The van der Waals surface area contributed by atoms with Crippen molar-refractivity contribution in [3.63, 3.8) is 0 Å². The standard InChI is InChI=1S/C24H24N4O3/c1-3-30-21-11-10-20(13-22(21)31-4-2)27-24(29)19-12-18-15-26-28(23(18)25-14-19)16-17-8-6-5-7-9-17/h5-15H,3-4,16H2,1-2H3,(H,27,29). The van der Waals surface area contributed by atoms with Gasteiger partial charge in [0, 0.05) is 23.3 Å². The number of aromatic nitrogens is 3. The number of nitrogens with one attached hydrogen (secondary N) is 1. The summed E-state index contributed by atoms with van der Waals surface area (Å²) in [5.74, 6) is 0.992. The zero-order valence-electron chi connectivity index (χ0n) is 17.5. The molecule has 4 rings (SSSR count). The molecule has 0 saturated heterocycles. The van der Waals surface area contributed by atoms with E-state index in [-0.39, 0.29) is 5.91 Å². The van der Waals surface area contributed by atoms with Gasteiger partial charge in [0.2, 0.25) is 0 Å². The molecule has 4 aromatic rings. The Kier molecular flexibility index (Phi) is 6.12. The van der Waals surface area contributed by atoms with Crippen LogP contribution >= 0.6 is 0 Å². The van der Waals surface area contributed by atoms with Gasteiger partial charge in [0.15, 0.2) is 17.1 Å². The fourth-order valence-corrected chi connectivity index (χ4v) is 3.30. The van der Waals surface area contributed by atoms with Crippen molar-refractivity contribution < 1.29 is 14.3 Å². The number of carbonyl (C=O) groups excluding carboxylic acids is 1. The minimum atomic E-state index is -0.253. The van der Waals surface area contributed by atoms with E-state index in [0.717, 1.165) is 16.6 Å². The predicted octanol–water partition coefficient (Wildman–Crippen LogP) is 4.53. The van der Waals surface area contributed by atoms with E-state index in [0.29, 0.717) is 42.5 Å². The van der Waals surface area contributed by atoms with Gasteiger partial charge in [0.25, 0.3) is 5.91 Å². The Balaban J connectivity index is 1.52. The lowest BCUT2D eigenvalue weighted by atomic mass is 10.2. The molecule has 2 heterocycles. The Hall–Kier alpha value is -3.87. The van der Waals surface area contributed by atoms with Crippen LogP contribution in [-0.2, 0) is 6.54 Å². The maximum Gasteiger partial charge on any atom is 0.257 e. The van der Waals surface area contributed by atoms with E-state index in [1.807, 2.05) is 48.9 Å². The largest absolute Gasteiger partial charge is 0.490 e. The molecule has 0 saturated carbocycles. The molecule has 2 aromatic carbocycles. The van der Waals surface area contributed by atoms with Gasteiger partial charge in [0.05, 0.1) is 31.5 Å². The minimum Gasteiger partial charge on any atom is -0.490 e. The van der Waals surface area contributed by atoms with Crippen LogP contribution in [0.25, 0.3) is 11.0 Å².